The van der Waals surface area contributed by atoms with Crippen molar-refractivity contribution in [2.45, 2.75) is 32.8 Å². The van der Waals surface area contributed by atoms with E-state index in [4.69, 9.17) is 30.8 Å². The molecular formula is C23H29N7O. The topological polar surface area (TPSA) is 121 Å². The summed E-state index contributed by atoms with van der Waals surface area (Å²) in [5.41, 5.74) is 11.1. The minimum atomic E-state index is 0.486. The lowest BCUT2D eigenvalue weighted by atomic mass is 10.1. The van der Waals surface area contributed by atoms with E-state index < -0.39 is 0 Å². The Morgan fingerprint density at radius 2 is 2.13 bits per heavy atom. The smallest absolute Gasteiger partial charge is 0.251 e. The second-order valence-electron chi connectivity index (χ2n) is 8.02. The number of anilines is 2. The van der Waals surface area contributed by atoms with E-state index in [1.54, 1.807) is 0 Å². The second kappa shape index (κ2) is 9.80. The first kappa shape index (κ1) is 21.1. The molecule has 1 aromatic carbocycles. The second-order valence-corrected chi connectivity index (χ2v) is 8.02. The standard InChI is InChI=1S/C23H29N7O/c1-15-2-5-19(13-26-12-15)28-23-29-21-8-9-31-14-20(21)22(30-23)27-18-6-3-16(4-7-18)17(10-24)11-25/h3-4,6-7,10-11,15,24,26H,2,5,8-9,12-14,25H2,1H3,(H,27,29,30)/b17-11+,24-10?,28-19-. The van der Waals surface area contributed by atoms with E-state index in [0.717, 1.165) is 66.4 Å². The normalized spacial score (nSPS) is 20.7. The minimum Gasteiger partial charge on any atom is -0.404 e. The lowest BCUT2D eigenvalue weighted by Gasteiger charge is -2.19. The van der Waals surface area contributed by atoms with Crippen molar-refractivity contribution in [1.82, 2.24) is 15.3 Å². The van der Waals surface area contributed by atoms with Crippen molar-refractivity contribution in [3.8, 4) is 0 Å². The Labute approximate surface area is 182 Å². The van der Waals surface area contributed by atoms with Gasteiger partial charge in [-0.15, -0.1) is 0 Å². The molecule has 1 unspecified atom stereocenters. The van der Waals surface area contributed by atoms with Gasteiger partial charge in [-0.1, -0.05) is 19.1 Å². The van der Waals surface area contributed by atoms with Gasteiger partial charge in [-0.25, -0.2) is 9.98 Å². The predicted octanol–water partition coefficient (Wildman–Crippen LogP) is 3.33. The highest BCUT2D eigenvalue weighted by molar-refractivity contribution is 6.08. The molecule has 0 aliphatic carbocycles. The fourth-order valence-electron chi connectivity index (χ4n) is 3.79. The molecule has 0 spiro atoms. The van der Waals surface area contributed by atoms with Crippen molar-refractivity contribution < 1.29 is 4.74 Å². The summed E-state index contributed by atoms with van der Waals surface area (Å²) in [4.78, 5) is 14.2. The van der Waals surface area contributed by atoms with Gasteiger partial charge in [0.15, 0.2) is 0 Å². The maximum absolute atomic E-state index is 7.45. The van der Waals surface area contributed by atoms with Gasteiger partial charge in [-0.3, -0.25) is 0 Å². The van der Waals surface area contributed by atoms with Gasteiger partial charge in [-0.2, -0.15) is 4.98 Å². The van der Waals surface area contributed by atoms with Crippen molar-refractivity contribution >= 4 is 35.0 Å². The maximum atomic E-state index is 7.45. The summed E-state index contributed by atoms with van der Waals surface area (Å²) >= 11 is 0. The zero-order chi connectivity index (χ0) is 21.6. The molecule has 4 rings (SSSR count). The molecule has 2 aliphatic rings. The number of nitrogens with zero attached hydrogens (tertiary/aromatic N) is 3. The molecule has 3 heterocycles. The number of allylic oxidation sites excluding steroid dienone is 1. The van der Waals surface area contributed by atoms with Crippen molar-refractivity contribution in [3.63, 3.8) is 0 Å². The average molecular weight is 420 g/mol. The first-order valence-electron chi connectivity index (χ1n) is 10.7. The van der Waals surface area contributed by atoms with Gasteiger partial charge in [0, 0.05) is 47.9 Å². The Bertz CT molecular complexity index is 998. The molecule has 1 aromatic heterocycles. The molecule has 1 fully saturated rings. The molecule has 0 saturated carbocycles. The molecule has 5 N–H and O–H groups in total. The highest BCUT2D eigenvalue weighted by Crippen LogP contribution is 2.28. The molecule has 1 saturated heterocycles. The maximum Gasteiger partial charge on any atom is 0.251 e. The third kappa shape index (κ3) is 5.15. The number of hydrogen-bond acceptors (Lipinski definition) is 8. The Hall–Kier alpha value is -3.10. The van der Waals surface area contributed by atoms with Gasteiger partial charge in [-0.05, 0) is 43.0 Å². The van der Waals surface area contributed by atoms with Crippen LogP contribution >= 0.6 is 0 Å². The predicted molar refractivity (Wildman–Crippen MR) is 124 cm³/mol. The van der Waals surface area contributed by atoms with E-state index in [1.807, 2.05) is 24.3 Å². The minimum absolute atomic E-state index is 0.486. The number of rotatable bonds is 5. The third-order valence-corrected chi connectivity index (χ3v) is 5.63. The first-order valence-corrected chi connectivity index (χ1v) is 10.7. The van der Waals surface area contributed by atoms with Crippen LogP contribution in [0.3, 0.4) is 0 Å². The summed E-state index contributed by atoms with van der Waals surface area (Å²) in [6, 6.07) is 7.75. The molecule has 1 atom stereocenters. The van der Waals surface area contributed by atoms with Gasteiger partial charge in [0.25, 0.3) is 5.95 Å². The van der Waals surface area contributed by atoms with Crippen LogP contribution in [0.15, 0.2) is 35.5 Å². The van der Waals surface area contributed by atoms with Gasteiger partial charge < -0.3 is 26.5 Å². The van der Waals surface area contributed by atoms with Crippen LogP contribution in [0, 0.1) is 11.3 Å². The Balaban J connectivity index is 1.62. The highest BCUT2D eigenvalue weighted by Gasteiger charge is 2.19. The Morgan fingerprint density at radius 3 is 2.90 bits per heavy atom. The third-order valence-electron chi connectivity index (χ3n) is 5.63. The van der Waals surface area contributed by atoms with Crippen molar-refractivity contribution in [2.75, 3.05) is 25.0 Å². The van der Waals surface area contributed by atoms with E-state index in [1.165, 1.54) is 12.4 Å². The van der Waals surface area contributed by atoms with E-state index in [-0.39, 0.29) is 0 Å². The van der Waals surface area contributed by atoms with Gasteiger partial charge >= 0.3 is 0 Å². The van der Waals surface area contributed by atoms with Crippen LogP contribution in [-0.2, 0) is 17.8 Å². The van der Waals surface area contributed by atoms with E-state index in [9.17, 15) is 0 Å². The van der Waals surface area contributed by atoms with Crippen molar-refractivity contribution in [3.05, 3.63) is 47.3 Å². The lowest BCUT2D eigenvalue weighted by molar-refractivity contribution is 0.109. The zero-order valence-electron chi connectivity index (χ0n) is 17.8. The fraction of sp³-hybridized carbons (Fsp3) is 0.391. The Morgan fingerprint density at radius 1 is 1.29 bits per heavy atom. The highest BCUT2D eigenvalue weighted by atomic mass is 16.5. The zero-order valence-corrected chi connectivity index (χ0v) is 17.8. The molecule has 0 amide bonds. The van der Waals surface area contributed by atoms with Crippen LogP contribution in [0.25, 0.3) is 5.57 Å². The Kier molecular flexibility index (Phi) is 6.69. The van der Waals surface area contributed by atoms with Crippen LogP contribution in [0.1, 0.15) is 36.6 Å². The number of nitrogens with one attached hydrogen (secondary N) is 3. The van der Waals surface area contributed by atoms with Gasteiger partial charge in [0.2, 0.25) is 0 Å². The SMILES string of the molecule is CC1CC/C(=N/c2nc3c(c(Nc4ccc(/C(C=N)=C/N)cc4)n2)COCC3)CNC1. The van der Waals surface area contributed by atoms with Crippen LogP contribution in [-0.4, -0.2) is 41.6 Å². The summed E-state index contributed by atoms with van der Waals surface area (Å²) in [7, 11) is 0. The molecule has 0 bridgehead atoms. The van der Waals surface area contributed by atoms with E-state index in [0.29, 0.717) is 30.7 Å². The number of benzene rings is 1. The lowest BCUT2D eigenvalue weighted by Crippen LogP contribution is -2.22. The molecule has 0 radical (unpaired) electrons. The molecule has 31 heavy (non-hydrogen) atoms. The van der Waals surface area contributed by atoms with Gasteiger partial charge in [0.1, 0.15) is 5.82 Å². The number of hydrogen-bond donors (Lipinski definition) is 4. The van der Waals surface area contributed by atoms with Crippen LogP contribution in [0.4, 0.5) is 17.5 Å². The molecule has 162 valence electrons. The summed E-state index contributed by atoms with van der Waals surface area (Å²) < 4.78 is 5.66. The summed E-state index contributed by atoms with van der Waals surface area (Å²) in [6.07, 6.45) is 5.52. The fourth-order valence-corrected chi connectivity index (χ4v) is 3.79. The number of nitrogens with two attached hydrogens (primary N) is 1. The van der Waals surface area contributed by atoms with Crippen molar-refractivity contribution in [2.24, 2.45) is 16.6 Å². The molecule has 2 aromatic rings. The largest absolute Gasteiger partial charge is 0.404 e. The number of aliphatic imine (C=N–C) groups is 1. The quantitative estimate of drug-likeness (QED) is 0.552. The molecule has 8 nitrogen and oxygen atoms in total. The van der Waals surface area contributed by atoms with E-state index >= 15 is 0 Å². The van der Waals surface area contributed by atoms with Crippen LogP contribution < -0.4 is 16.4 Å². The molecule has 2 aliphatic heterocycles. The number of fused-ring (bicyclic) bond motifs is 1. The number of ether oxygens (including phenoxy) is 1. The average Bonchev–Trinajstić information content (AvgIpc) is 2.99. The molecule has 8 heteroatoms. The van der Waals surface area contributed by atoms with Crippen molar-refractivity contribution in [1.29, 1.82) is 5.41 Å². The first-order chi connectivity index (χ1) is 15.2. The van der Waals surface area contributed by atoms with Crippen LogP contribution in [0.5, 0.6) is 0 Å². The van der Waals surface area contributed by atoms with E-state index in [2.05, 4.69) is 17.6 Å². The summed E-state index contributed by atoms with van der Waals surface area (Å²) in [5, 5.41) is 14.3. The van der Waals surface area contributed by atoms with Gasteiger partial charge in [0.05, 0.1) is 18.9 Å². The molecular weight excluding hydrogens is 390 g/mol. The number of aromatic nitrogens is 2. The summed E-state index contributed by atoms with van der Waals surface area (Å²) in [6.45, 7) is 5.20. The monoisotopic (exact) mass is 419 g/mol. The van der Waals surface area contributed by atoms with Crippen LogP contribution in [0.2, 0.25) is 0 Å². The summed E-state index contributed by atoms with van der Waals surface area (Å²) in [5.74, 6) is 1.88.